The van der Waals surface area contributed by atoms with Crippen molar-refractivity contribution in [3.63, 3.8) is 0 Å². The second-order valence-corrected chi connectivity index (χ2v) is 23.8. The van der Waals surface area contributed by atoms with Gasteiger partial charge in [0.15, 0.2) is 0 Å². The van der Waals surface area contributed by atoms with Crippen LogP contribution in [0.2, 0.25) is 0 Å². The summed E-state index contributed by atoms with van der Waals surface area (Å²) in [6.07, 6.45) is 19.0. The third-order valence-electron chi connectivity index (χ3n) is 16.2. The third kappa shape index (κ3) is 22.8. The number of hydrogen-bond acceptors (Lipinski definition) is 9. The summed E-state index contributed by atoms with van der Waals surface area (Å²) < 4.78 is 18.0. The molecule has 0 fully saturated rings. The van der Waals surface area contributed by atoms with Crippen molar-refractivity contribution in [1.82, 2.24) is 14.7 Å². The number of esters is 3. The zero-order chi connectivity index (χ0) is 59.3. The predicted octanol–water partition coefficient (Wildman–Crippen LogP) is 15.3. The zero-order valence-electron chi connectivity index (χ0n) is 51.0. The molecule has 0 aromatic heterocycles. The van der Waals surface area contributed by atoms with E-state index in [1.165, 1.54) is 33.4 Å². The highest BCUT2D eigenvalue weighted by Gasteiger charge is 2.26. The molecule has 0 N–H and O–H groups in total. The molecule has 0 saturated heterocycles. The van der Waals surface area contributed by atoms with Gasteiger partial charge >= 0.3 is 17.9 Å². The average molecular weight is 1130 g/mol. The van der Waals surface area contributed by atoms with Gasteiger partial charge in [0.1, 0.15) is 19.8 Å². The molecule has 4 heterocycles. The third-order valence-corrected chi connectivity index (χ3v) is 16.2. The Kier molecular flexibility index (Phi) is 27.0. The van der Waals surface area contributed by atoms with Crippen molar-refractivity contribution in [1.29, 1.82) is 0 Å². The molecular weight excluding hydrogens is 1040 g/mol. The molecule has 0 saturated carbocycles. The van der Waals surface area contributed by atoms with E-state index in [4.69, 9.17) is 14.2 Å². The second kappa shape index (κ2) is 35.2. The summed E-state index contributed by atoms with van der Waals surface area (Å²) in [7, 11) is 0. The summed E-state index contributed by atoms with van der Waals surface area (Å²) in [5, 5.41) is 0. The Labute approximate surface area is 503 Å². The van der Waals surface area contributed by atoms with Gasteiger partial charge in [0.2, 0.25) is 0 Å². The van der Waals surface area contributed by atoms with Crippen molar-refractivity contribution in [2.45, 2.75) is 137 Å². The Morgan fingerprint density at radius 3 is 0.821 bits per heavy atom. The SMILES string of the molecule is CC(C)[C@H]1COC(=O)C=Cc2ccc(cc2)CCCCN(Cc2ccccc2)[C@@H](C(C)C)COC(=O)C=Cc2ccc(cc2)CCCCN(Cc2ccccc2)[C@@H](C(C)C)COC(=O)C=Cc2ccc(cc2)CCCCN1Cc1ccccc1. The minimum atomic E-state index is -0.345. The van der Waals surface area contributed by atoms with E-state index >= 15 is 0 Å². The van der Waals surface area contributed by atoms with E-state index in [0.29, 0.717) is 19.8 Å². The molecule has 6 aromatic rings. The minimum Gasteiger partial charge on any atom is -0.461 e. The van der Waals surface area contributed by atoms with Crippen LogP contribution in [0.3, 0.4) is 0 Å². The molecule has 0 aliphatic carbocycles. The zero-order valence-corrected chi connectivity index (χ0v) is 51.0. The number of hydrogen-bond donors (Lipinski definition) is 0. The lowest BCUT2D eigenvalue weighted by atomic mass is 10.0. The molecule has 3 atom stereocenters. The molecule has 4 aliphatic rings. The molecular formula is C75H93N3O6. The molecule has 0 spiro atoms. The van der Waals surface area contributed by atoms with Crippen LogP contribution in [0, 0.1) is 17.8 Å². The smallest absolute Gasteiger partial charge is 0.330 e. The maximum Gasteiger partial charge on any atom is 0.330 e. The van der Waals surface area contributed by atoms with E-state index < -0.39 is 0 Å². The number of ether oxygens (including phenoxy) is 3. The fourth-order valence-corrected chi connectivity index (χ4v) is 11.2. The van der Waals surface area contributed by atoms with Crippen molar-refractivity contribution >= 4 is 36.1 Å². The molecule has 84 heavy (non-hydrogen) atoms. The lowest BCUT2D eigenvalue weighted by molar-refractivity contribution is -0.141. The summed E-state index contributed by atoms with van der Waals surface area (Å²) in [4.78, 5) is 47.3. The largest absolute Gasteiger partial charge is 0.461 e. The topological polar surface area (TPSA) is 88.6 Å². The van der Waals surface area contributed by atoms with Crippen molar-refractivity contribution < 1.29 is 28.6 Å². The Balaban J connectivity index is 1.04. The van der Waals surface area contributed by atoms with Crippen LogP contribution < -0.4 is 0 Å². The summed E-state index contributed by atoms with van der Waals surface area (Å²) >= 11 is 0. The van der Waals surface area contributed by atoms with Crippen LogP contribution in [0.25, 0.3) is 18.2 Å². The number of rotatable bonds is 9. The highest BCUT2D eigenvalue weighted by atomic mass is 16.5. The van der Waals surface area contributed by atoms with Crippen LogP contribution in [0.15, 0.2) is 182 Å². The van der Waals surface area contributed by atoms with Crippen molar-refractivity contribution in [2.75, 3.05) is 39.5 Å². The van der Waals surface area contributed by atoms with Gasteiger partial charge in [0, 0.05) is 56.0 Å². The summed E-state index contributed by atoms with van der Waals surface area (Å²) in [5.74, 6) is -0.255. The molecule has 6 aromatic carbocycles. The van der Waals surface area contributed by atoms with E-state index in [1.807, 2.05) is 36.4 Å². The lowest BCUT2D eigenvalue weighted by Gasteiger charge is -2.34. The molecule has 4 aliphatic heterocycles. The Hall–Kier alpha value is -7.17. The molecule has 444 valence electrons. The first-order valence-corrected chi connectivity index (χ1v) is 31.0. The first-order valence-electron chi connectivity index (χ1n) is 31.0. The van der Waals surface area contributed by atoms with Crippen LogP contribution in [0.4, 0.5) is 0 Å². The normalized spacial score (nSPS) is 19.2. The van der Waals surface area contributed by atoms with Crippen LogP contribution in [0.5, 0.6) is 0 Å². The number of aryl methyl sites for hydroxylation is 3. The van der Waals surface area contributed by atoms with Crippen LogP contribution in [-0.2, 0) is 67.5 Å². The minimum absolute atomic E-state index is 0.0401. The highest BCUT2D eigenvalue weighted by molar-refractivity contribution is 5.88. The van der Waals surface area contributed by atoms with Crippen LogP contribution in [0.1, 0.15) is 130 Å². The van der Waals surface area contributed by atoms with Gasteiger partial charge in [0.25, 0.3) is 0 Å². The van der Waals surface area contributed by atoms with Crippen molar-refractivity contribution in [3.8, 4) is 0 Å². The maximum atomic E-state index is 13.3. The predicted molar refractivity (Wildman–Crippen MR) is 345 cm³/mol. The first kappa shape index (κ1) is 64.4. The van der Waals surface area contributed by atoms with Crippen molar-refractivity contribution in [3.05, 3.63) is 232 Å². The molecule has 0 amide bonds. The monoisotopic (exact) mass is 1130 g/mol. The molecule has 9 heteroatoms. The van der Waals surface area contributed by atoms with Gasteiger partial charge in [-0.2, -0.15) is 0 Å². The summed E-state index contributed by atoms with van der Waals surface area (Å²) in [5.41, 5.74) is 10.3. The Morgan fingerprint density at radius 2 is 0.583 bits per heavy atom. The van der Waals surface area contributed by atoms with Gasteiger partial charge in [-0.3, -0.25) is 14.7 Å². The van der Waals surface area contributed by atoms with Gasteiger partial charge < -0.3 is 14.2 Å². The quantitative estimate of drug-likeness (QED) is 0.104. The number of nitrogens with zero attached hydrogens (tertiary/aromatic N) is 3. The van der Waals surface area contributed by atoms with Crippen LogP contribution in [-0.4, -0.2) is 90.2 Å². The fourth-order valence-electron chi connectivity index (χ4n) is 11.2. The summed E-state index contributed by atoms with van der Waals surface area (Å²) in [6, 6.07) is 57.1. The molecule has 6 bridgehead atoms. The van der Waals surface area contributed by atoms with Gasteiger partial charge in [-0.1, -0.05) is 205 Å². The van der Waals surface area contributed by atoms with Crippen LogP contribution >= 0.6 is 0 Å². The maximum absolute atomic E-state index is 13.3. The molecule has 9 nitrogen and oxygen atoms in total. The highest BCUT2D eigenvalue weighted by Crippen LogP contribution is 2.23. The van der Waals surface area contributed by atoms with E-state index in [2.05, 4.69) is 202 Å². The first-order chi connectivity index (χ1) is 40.8. The lowest BCUT2D eigenvalue weighted by Crippen LogP contribution is -2.43. The van der Waals surface area contributed by atoms with E-state index in [-0.39, 0.29) is 53.8 Å². The van der Waals surface area contributed by atoms with E-state index in [1.54, 1.807) is 18.2 Å². The number of carbonyl (C=O) groups is 3. The Morgan fingerprint density at radius 1 is 0.333 bits per heavy atom. The molecule has 0 radical (unpaired) electrons. The second-order valence-electron chi connectivity index (χ2n) is 23.8. The number of fused-ring (bicyclic) bond motifs is 3. The summed E-state index contributed by atoms with van der Waals surface area (Å²) in [6.45, 7) is 19.1. The molecule has 0 unspecified atom stereocenters. The standard InChI is InChI=1S/C75H93N3O6/c1-58(2)70-55-82-73(79)46-43-64-37-33-62(34-38-64)23-17-20-50-77(53-68-27-12-8-13-28-68)72(60(5)6)57-84-75(81)48-45-66-41-35-63(36-42-66)24-18-21-51-78(54-69-29-14-9-15-30-69)71(59(3)4)56-83-74(80)47-44-65-39-31-61(32-40-65)22-16-19-49-76(70)52-67-25-10-7-11-26-67/h7-15,25-48,58-60,70-72H,16-24,49-57H2,1-6H3/t70-,71-,72-/m1/s1. The van der Waals surface area contributed by atoms with Gasteiger partial charge in [0.05, 0.1) is 0 Å². The van der Waals surface area contributed by atoms with Crippen molar-refractivity contribution in [2.24, 2.45) is 17.8 Å². The van der Waals surface area contributed by atoms with Gasteiger partial charge in [-0.15, -0.1) is 0 Å². The molecule has 10 rings (SSSR count). The van der Waals surface area contributed by atoms with E-state index in [0.717, 1.165) is 114 Å². The number of benzene rings is 6. The van der Waals surface area contributed by atoms with E-state index in [9.17, 15) is 14.4 Å². The van der Waals surface area contributed by atoms with Gasteiger partial charge in [-0.05, 0) is 163 Å². The van der Waals surface area contributed by atoms with Gasteiger partial charge in [-0.25, -0.2) is 14.4 Å². The Bertz CT molecular complexity index is 2620. The fraction of sp³-hybridized carbons (Fsp3) is 0.400. The number of carbonyl (C=O) groups excluding carboxylic acids is 3. The average Bonchev–Trinajstić information content (AvgIpc) is 3.59.